The molecule has 0 amide bonds. The Morgan fingerprint density at radius 3 is 2.52 bits per heavy atom. The average molecular weight is 558 g/mol. The Balaban J connectivity index is 1.47. The fraction of sp³-hybridized carbons (Fsp3) is 0.355. The van der Waals surface area contributed by atoms with E-state index in [9.17, 15) is 0 Å². The molecule has 0 bridgehead atoms. The summed E-state index contributed by atoms with van der Waals surface area (Å²) in [4.78, 5) is 4.63. The van der Waals surface area contributed by atoms with Crippen molar-refractivity contribution in [2.75, 3.05) is 13.7 Å². The number of tetrazole rings is 1. The van der Waals surface area contributed by atoms with Crippen LogP contribution in [0.1, 0.15) is 42.1 Å². The lowest BCUT2D eigenvalue weighted by Gasteiger charge is -2.16. The van der Waals surface area contributed by atoms with Crippen LogP contribution in [0.3, 0.4) is 0 Å². The highest BCUT2D eigenvalue weighted by Gasteiger charge is 2.15. The molecule has 0 fully saturated rings. The van der Waals surface area contributed by atoms with Crippen LogP contribution in [-0.2, 0) is 18.1 Å². The van der Waals surface area contributed by atoms with Crippen LogP contribution >= 0.6 is 0 Å². The van der Waals surface area contributed by atoms with E-state index in [0.717, 1.165) is 52.1 Å². The number of hydrogen-bond donors (Lipinski definition) is 0. The third-order valence-corrected chi connectivity index (χ3v) is 8.15. The molecule has 0 aliphatic carbocycles. The second kappa shape index (κ2) is 13.5. The topological polar surface area (TPSA) is 84.2 Å². The van der Waals surface area contributed by atoms with Crippen LogP contribution in [0.25, 0.3) is 23.5 Å². The summed E-state index contributed by atoms with van der Waals surface area (Å²) in [6, 6.07) is 19.2. The van der Waals surface area contributed by atoms with Gasteiger partial charge in [0.1, 0.15) is 30.5 Å². The van der Waals surface area contributed by atoms with Crippen molar-refractivity contribution in [3.8, 4) is 22.9 Å². The Bertz CT molecular complexity index is 1410. The predicted molar refractivity (Wildman–Crippen MR) is 162 cm³/mol. The number of ether oxygens (including phenoxy) is 3. The van der Waals surface area contributed by atoms with Crippen LogP contribution in [-0.4, -0.2) is 47.0 Å². The van der Waals surface area contributed by atoms with E-state index in [1.807, 2.05) is 72.9 Å². The summed E-state index contributed by atoms with van der Waals surface area (Å²) in [5, 5.41) is 12.2. The van der Waals surface area contributed by atoms with Gasteiger partial charge < -0.3 is 14.2 Å². The highest BCUT2D eigenvalue weighted by atomic mass is 28.3. The van der Waals surface area contributed by atoms with Gasteiger partial charge in [-0.2, -0.15) is 4.68 Å². The molecule has 4 rings (SSSR count). The molecular formula is C31H39N5O3Si. The Kier molecular flexibility index (Phi) is 9.84. The lowest BCUT2D eigenvalue weighted by molar-refractivity contribution is 0.0784. The SMILES string of the molecule is COc1cccc(COc2c(C(C)C)ccnc2/C=C/c2ccc(-c3nnnn3COCC[Si](C)(C)C)cc2)c1. The van der Waals surface area contributed by atoms with Gasteiger partial charge in [0.15, 0.2) is 5.82 Å². The molecule has 210 valence electrons. The zero-order valence-corrected chi connectivity index (χ0v) is 25.3. The van der Waals surface area contributed by atoms with Gasteiger partial charge in [0.05, 0.1) is 7.11 Å². The number of nitrogens with zero attached hydrogens (tertiary/aromatic N) is 5. The molecule has 0 spiro atoms. The number of methoxy groups -OCH3 is 1. The summed E-state index contributed by atoms with van der Waals surface area (Å²) in [5.41, 5.74) is 4.90. The quantitative estimate of drug-likeness (QED) is 0.130. The zero-order chi connectivity index (χ0) is 28.5. The molecule has 40 heavy (non-hydrogen) atoms. The van der Waals surface area contributed by atoms with E-state index >= 15 is 0 Å². The number of hydrogen-bond acceptors (Lipinski definition) is 7. The van der Waals surface area contributed by atoms with Crippen molar-refractivity contribution in [3.63, 3.8) is 0 Å². The number of benzene rings is 2. The van der Waals surface area contributed by atoms with Gasteiger partial charge in [-0.1, -0.05) is 76.0 Å². The van der Waals surface area contributed by atoms with E-state index in [1.165, 1.54) is 0 Å². The third-order valence-electron chi connectivity index (χ3n) is 6.45. The number of pyridine rings is 1. The molecule has 2 heterocycles. The summed E-state index contributed by atoms with van der Waals surface area (Å²) >= 11 is 0. The minimum absolute atomic E-state index is 0.292. The zero-order valence-electron chi connectivity index (χ0n) is 24.3. The molecule has 0 unspecified atom stereocenters. The molecule has 9 heteroatoms. The van der Waals surface area contributed by atoms with Crippen LogP contribution in [0.4, 0.5) is 0 Å². The van der Waals surface area contributed by atoms with Gasteiger partial charge in [-0.3, -0.25) is 4.98 Å². The smallest absolute Gasteiger partial charge is 0.184 e. The molecular weight excluding hydrogens is 518 g/mol. The first kappa shape index (κ1) is 29.2. The van der Waals surface area contributed by atoms with Gasteiger partial charge in [0, 0.05) is 32.0 Å². The van der Waals surface area contributed by atoms with Gasteiger partial charge in [0.2, 0.25) is 0 Å². The van der Waals surface area contributed by atoms with E-state index in [2.05, 4.69) is 54.0 Å². The van der Waals surface area contributed by atoms with Crippen molar-refractivity contribution >= 4 is 20.2 Å². The number of rotatable bonds is 13. The van der Waals surface area contributed by atoms with Gasteiger partial charge in [0.25, 0.3) is 0 Å². The minimum atomic E-state index is -1.14. The second-order valence-corrected chi connectivity index (χ2v) is 16.8. The Morgan fingerprint density at radius 2 is 1.80 bits per heavy atom. The highest BCUT2D eigenvalue weighted by molar-refractivity contribution is 6.76. The standard InChI is InChI=1S/C31H39N5O3Si/c1-23(2)28-16-17-32-29(30(28)39-21-25-8-7-9-27(20-25)37-3)15-12-24-10-13-26(14-11-24)31-33-34-35-36(31)22-38-18-19-40(4,5)6/h7-17,20,23H,18-19,21-22H2,1-6H3/b15-12+. The molecule has 0 saturated heterocycles. The molecule has 8 nitrogen and oxygen atoms in total. The van der Waals surface area contributed by atoms with E-state index in [4.69, 9.17) is 14.2 Å². The van der Waals surface area contributed by atoms with Crippen molar-refractivity contribution in [3.05, 3.63) is 83.2 Å². The fourth-order valence-electron chi connectivity index (χ4n) is 4.07. The largest absolute Gasteiger partial charge is 0.497 e. The van der Waals surface area contributed by atoms with Crippen LogP contribution in [0.5, 0.6) is 11.5 Å². The summed E-state index contributed by atoms with van der Waals surface area (Å²) in [5.74, 6) is 2.58. The van der Waals surface area contributed by atoms with E-state index in [1.54, 1.807) is 11.8 Å². The van der Waals surface area contributed by atoms with Crippen molar-refractivity contribution in [1.82, 2.24) is 25.2 Å². The first-order valence-corrected chi connectivity index (χ1v) is 17.3. The van der Waals surface area contributed by atoms with E-state index in [0.29, 0.717) is 25.1 Å². The lowest BCUT2D eigenvalue weighted by atomic mass is 10.0. The van der Waals surface area contributed by atoms with Crippen molar-refractivity contribution in [2.45, 2.75) is 58.8 Å². The maximum atomic E-state index is 6.34. The first-order valence-electron chi connectivity index (χ1n) is 13.6. The molecule has 0 aliphatic heterocycles. The summed E-state index contributed by atoms with van der Waals surface area (Å²) in [6.45, 7) is 12.8. The van der Waals surface area contributed by atoms with Crippen LogP contribution in [0.2, 0.25) is 25.7 Å². The highest BCUT2D eigenvalue weighted by Crippen LogP contribution is 2.31. The minimum Gasteiger partial charge on any atom is -0.497 e. The lowest BCUT2D eigenvalue weighted by Crippen LogP contribution is -2.22. The maximum Gasteiger partial charge on any atom is 0.184 e. The van der Waals surface area contributed by atoms with E-state index in [-0.39, 0.29) is 0 Å². The summed E-state index contributed by atoms with van der Waals surface area (Å²) < 4.78 is 19.2. The van der Waals surface area contributed by atoms with Gasteiger partial charge in [-0.05, 0) is 57.8 Å². The first-order chi connectivity index (χ1) is 19.2. The predicted octanol–water partition coefficient (Wildman–Crippen LogP) is 6.93. The van der Waals surface area contributed by atoms with E-state index < -0.39 is 8.07 Å². The number of aromatic nitrogens is 5. The van der Waals surface area contributed by atoms with Crippen LogP contribution in [0.15, 0.2) is 60.8 Å². The molecule has 0 radical (unpaired) electrons. The summed E-state index contributed by atoms with van der Waals surface area (Å²) in [6.07, 6.45) is 5.87. The molecule has 0 N–H and O–H groups in total. The normalized spacial score (nSPS) is 11.9. The monoisotopic (exact) mass is 557 g/mol. The van der Waals surface area contributed by atoms with Crippen LogP contribution in [0, 0.1) is 0 Å². The van der Waals surface area contributed by atoms with Gasteiger partial charge in [-0.15, -0.1) is 5.10 Å². The maximum absolute atomic E-state index is 6.34. The van der Waals surface area contributed by atoms with Crippen molar-refractivity contribution in [1.29, 1.82) is 0 Å². The van der Waals surface area contributed by atoms with Crippen molar-refractivity contribution in [2.24, 2.45) is 0 Å². The molecule has 4 aromatic rings. The molecule has 0 atom stereocenters. The molecule has 2 aromatic carbocycles. The fourth-order valence-corrected chi connectivity index (χ4v) is 4.83. The van der Waals surface area contributed by atoms with Gasteiger partial charge >= 0.3 is 0 Å². The molecule has 0 saturated carbocycles. The molecule has 0 aliphatic rings. The van der Waals surface area contributed by atoms with Gasteiger partial charge in [-0.25, -0.2) is 0 Å². The Hall–Kier alpha value is -3.82. The second-order valence-electron chi connectivity index (χ2n) is 11.2. The Morgan fingerprint density at radius 1 is 1.00 bits per heavy atom. The third kappa shape index (κ3) is 8.09. The molecule has 2 aromatic heterocycles. The average Bonchev–Trinajstić information content (AvgIpc) is 3.41. The van der Waals surface area contributed by atoms with Crippen LogP contribution < -0.4 is 9.47 Å². The summed E-state index contributed by atoms with van der Waals surface area (Å²) in [7, 11) is 0.525. The Labute approximate surface area is 238 Å². The van der Waals surface area contributed by atoms with Crippen molar-refractivity contribution < 1.29 is 14.2 Å².